The summed E-state index contributed by atoms with van der Waals surface area (Å²) in [5.41, 5.74) is 0. The van der Waals surface area contributed by atoms with E-state index in [2.05, 4.69) is 112 Å². The Hall–Kier alpha value is 1.32. The summed E-state index contributed by atoms with van der Waals surface area (Å²) in [6.07, 6.45) is 85.6. The van der Waals surface area contributed by atoms with E-state index in [0.717, 1.165) is 0 Å². The van der Waals surface area contributed by atoms with E-state index in [0.29, 0.717) is 0 Å². The zero-order valence-corrected chi connectivity index (χ0v) is 63.0. The smallest absolute Gasteiger partial charge is 0.0368 e. The first-order valence-electron chi connectivity index (χ1n) is 38.7. The van der Waals surface area contributed by atoms with E-state index in [-0.39, 0.29) is 0 Å². The molecule has 0 saturated carbocycles. The summed E-state index contributed by atoms with van der Waals surface area (Å²) in [7, 11) is 0. The van der Waals surface area contributed by atoms with Gasteiger partial charge in [-0.1, -0.05) is 388 Å². The molecule has 0 nitrogen and oxygen atoms in total. The van der Waals surface area contributed by atoms with Gasteiger partial charge in [-0.05, 0) is 73.0 Å². The molecule has 0 radical (unpaired) electrons. The van der Waals surface area contributed by atoms with Gasteiger partial charge in [-0.15, -0.1) is 70.6 Å². The van der Waals surface area contributed by atoms with Gasteiger partial charge in [-0.25, -0.2) is 0 Å². The molecule has 0 heterocycles. The molecular formula is C78H150S6. The molecule has 0 N–H and O–H groups in total. The molecule has 0 aromatic heterocycles. The van der Waals surface area contributed by atoms with E-state index in [4.69, 9.17) is 0 Å². The van der Waals surface area contributed by atoms with Crippen molar-refractivity contribution in [3.63, 3.8) is 0 Å². The van der Waals surface area contributed by atoms with E-state index in [1.54, 1.807) is 29.4 Å². The molecule has 498 valence electrons. The number of thioether (sulfide) groups is 6. The van der Waals surface area contributed by atoms with Gasteiger partial charge in [0, 0.05) is 29.4 Å². The Labute approximate surface area is 556 Å². The molecule has 1 aromatic rings. The van der Waals surface area contributed by atoms with E-state index < -0.39 is 0 Å². The van der Waals surface area contributed by atoms with Gasteiger partial charge < -0.3 is 0 Å². The lowest BCUT2D eigenvalue weighted by Crippen LogP contribution is -2.01. The van der Waals surface area contributed by atoms with Crippen molar-refractivity contribution in [1.29, 1.82) is 0 Å². The van der Waals surface area contributed by atoms with E-state index >= 15 is 0 Å². The van der Waals surface area contributed by atoms with Crippen LogP contribution in [0.15, 0.2) is 29.4 Å². The molecule has 0 atom stereocenters. The van der Waals surface area contributed by atoms with Gasteiger partial charge in [0.05, 0.1) is 0 Å². The van der Waals surface area contributed by atoms with Crippen LogP contribution < -0.4 is 0 Å². The van der Waals surface area contributed by atoms with Crippen molar-refractivity contribution in [3.05, 3.63) is 0 Å². The Morgan fingerprint density at radius 2 is 0.202 bits per heavy atom. The maximum absolute atomic E-state index is 2.35. The monoisotopic (exact) mass is 1280 g/mol. The standard InChI is InChI=1S/C78H150S6/c1-7-13-19-25-31-37-43-49-55-61-67-79-73-74(80-68-62-56-50-44-38-32-26-20-14-8-2)76(82-70-64-58-52-46-40-34-28-22-16-10-4)78(84-72-66-60-54-48-42-36-30-24-18-12-6)77(83-71-65-59-53-47-41-35-29-23-17-11-5)75(73)81-69-63-57-51-45-39-33-27-21-15-9-3/h7-72H2,1-6H3. The van der Waals surface area contributed by atoms with Crippen LogP contribution in [0.3, 0.4) is 0 Å². The quantitative estimate of drug-likeness (QED) is 0.0468. The number of rotatable bonds is 72. The average molecular weight is 1280 g/mol. The van der Waals surface area contributed by atoms with Gasteiger partial charge in [0.25, 0.3) is 0 Å². The first-order valence-corrected chi connectivity index (χ1v) is 44.6. The molecule has 1 aromatic carbocycles. The number of hydrogen-bond acceptors (Lipinski definition) is 6. The molecule has 1 rings (SSSR count). The average Bonchev–Trinajstić information content (AvgIpc) is 3.49. The third-order valence-corrected chi connectivity index (χ3v) is 25.6. The first kappa shape index (κ1) is 83.3. The second kappa shape index (κ2) is 70.2. The summed E-state index contributed by atoms with van der Waals surface area (Å²) in [5.74, 6) is 7.78. The molecule has 0 amide bonds. The highest BCUT2D eigenvalue weighted by Crippen LogP contribution is 2.55. The Balaban J connectivity index is 3.71. The Morgan fingerprint density at radius 3 is 0.298 bits per heavy atom. The first-order chi connectivity index (χ1) is 41.7. The largest absolute Gasteiger partial charge is 0.124 e. The van der Waals surface area contributed by atoms with Crippen LogP contribution in [-0.4, -0.2) is 34.5 Å². The SMILES string of the molecule is CCCCCCCCCCCCSc1c(SCCCCCCCCCCCC)c(SCCCCCCCCCCCC)c(SCCCCCCCCCCCC)c(SCCCCCCCCCCCC)c1SCCCCCCCCCCCC. The zero-order valence-electron chi connectivity index (χ0n) is 58.1. The van der Waals surface area contributed by atoms with Crippen LogP contribution in [-0.2, 0) is 0 Å². The summed E-state index contributed by atoms with van der Waals surface area (Å²) >= 11 is 14.0. The van der Waals surface area contributed by atoms with Gasteiger partial charge >= 0.3 is 0 Å². The van der Waals surface area contributed by atoms with Crippen LogP contribution in [0.5, 0.6) is 0 Å². The molecule has 0 aliphatic rings. The van der Waals surface area contributed by atoms with Crippen molar-refractivity contribution in [1.82, 2.24) is 0 Å². The van der Waals surface area contributed by atoms with Crippen LogP contribution in [0.4, 0.5) is 0 Å². The zero-order chi connectivity index (χ0) is 60.4. The van der Waals surface area contributed by atoms with Crippen molar-refractivity contribution in [2.45, 2.75) is 456 Å². The van der Waals surface area contributed by atoms with E-state index in [1.165, 1.54) is 420 Å². The van der Waals surface area contributed by atoms with Gasteiger partial charge in [0.15, 0.2) is 0 Å². The highest BCUT2D eigenvalue weighted by Gasteiger charge is 2.26. The summed E-state index contributed by atoms with van der Waals surface area (Å²) < 4.78 is 0. The molecule has 0 spiro atoms. The highest BCUT2D eigenvalue weighted by molar-refractivity contribution is 8.06. The van der Waals surface area contributed by atoms with Crippen molar-refractivity contribution in [3.8, 4) is 0 Å². The molecular weight excluding hydrogens is 1130 g/mol. The molecule has 0 aliphatic carbocycles. The van der Waals surface area contributed by atoms with E-state index in [9.17, 15) is 0 Å². The fraction of sp³-hybridized carbons (Fsp3) is 0.923. The Kier molecular flexibility index (Phi) is 69.6. The third kappa shape index (κ3) is 52.9. The number of hydrogen-bond donors (Lipinski definition) is 0. The second-order valence-corrected chi connectivity index (χ2v) is 32.8. The van der Waals surface area contributed by atoms with Crippen molar-refractivity contribution in [2.24, 2.45) is 0 Å². The van der Waals surface area contributed by atoms with Gasteiger partial charge in [0.2, 0.25) is 0 Å². The molecule has 0 saturated heterocycles. The minimum Gasteiger partial charge on any atom is -0.124 e. The topological polar surface area (TPSA) is 0 Å². The maximum Gasteiger partial charge on any atom is 0.0368 e. The Morgan fingerprint density at radius 1 is 0.119 bits per heavy atom. The van der Waals surface area contributed by atoms with Crippen LogP contribution in [0.1, 0.15) is 427 Å². The number of benzene rings is 1. The van der Waals surface area contributed by atoms with Crippen LogP contribution in [0, 0.1) is 0 Å². The lowest BCUT2D eigenvalue weighted by atomic mass is 10.1. The molecule has 0 aliphatic heterocycles. The van der Waals surface area contributed by atoms with Gasteiger partial charge in [-0.3, -0.25) is 0 Å². The normalized spacial score (nSPS) is 11.8. The molecule has 0 bridgehead atoms. The predicted octanol–water partition coefficient (Wildman–Crippen LogP) is 31.8. The molecule has 84 heavy (non-hydrogen) atoms. The summed E-state index contributed by atoms with van der Waals surface area (Å²) in [4.78, 5) is 10.5. The third-order valence-electron chi connectivity index (χ3n) is 17.7. The predicted molar refractivity (Wildman–Crippen MR) is 402 cm³/mol. The minimum atomic E-state index is 1.30. The van der Waals surface area contributed by atoms with Crippen molar-refractivity contribution < 1.29 is 0 Å². The summed E-state index contributed by atoms with van der Waals surface area (Å²) in [5, 5.41) is 0. The molecule has 6 heteroatoms. The van der Waals surface area contributed by atoms with Crippen LogP contribution in [0.2, 0.25) is 0 Å². The van der Waals surface area contributed by atoms with E-state index in [1.807, 2.05) is 0 Å². The summed E-state index contributed by atoms with van der Waals surface area (Å²) in [6.45, 7) is 14.1. The number of unbranched alkanes of at least 4 members (excludes halogenated alkanes) is 54. The van der Waals surface area contributed by atoms with Crippen LogP contribution in [0.25, 0.3) is 0 Å². The second-order valence-electron chi connectivity index (χ2n) is 26.2. The van der Waals surface area contributed by atoms with Gasteiger partial charge in [0.1, 0.15) is 0 Å². The molecule has 0 unspecified atom stereocenters. The fourth-order valence-corrected chi connectivity index (χ4v) is 20.6. The lowest BCUT2D eigenvalue weighted by molar-refractivity contribution is 0.562. The molecule has 0 fully saturated rings. The summed E-state index contributed by atoms with van der Waals surface area (Å²) in [6, 6.07) is 0. The maximum atomic E-state index is 2.35. The van der Waals surface area contributed by atoms with Crippen LogP contribution >= 0.6 is 70.6 Å². The van der Waals surface area contributed by atoms with Crippen molar-refractivity contribution in [2.75, 3.05) is 34.5 Å². The fourth-order valence-electron chi connectivity index (χ4n) is 12.0. The highest BCUT2D eigenvalue weighted by atomic mass is 32.2. The van der Waals surface area contributed by atoms with Crippen molar-refractivity contribution >= 4 is 70.6 Å². The minimum absolute atomic E-state index is 1.30. The van der Waals surface area contributed by atoms with Gasteiger partial charge in [-0.2, -0.15) is 0 Å². The lowest BCUT2D eigenvalue weighted by Gasteiger charge is -2.25. The Bertz CT molecular complexity index is 1140.